The zero-order valence-corrected chi connectivity index (χ0v) is 15.3. The highest BCUT2D eigenvalue weighted by Gasteiger charge is 2.25. The summed E-state index contributed by atoms with van der Waals surface area (Å²) < 4.78 is 5.71. The van der Waals surface area contributed by atoms with E-state index in [1.807, 2.05) is 31.2 Å². The van der Waals surface area contributed by atoms with Crippen molar-refractivity contribution in [2.45, 2.75) is 39.4 Å². The van der Waals surface area contributed by atoms with Gasteiger partial charge in [0.05, 0.1) is 13.0 Å². The van der Waals surface area contributed by atoms with Crippen LogP contribution >= 0.6 is 12.2 Å². The molecule has 0 bridgehead atoms. The van der Waals surface area contributed by atoms with E-state index in [9.17, 15) is 4.79 Å². The molecular formula is C17H27N4O2S+. The van der Waals surface area contributed by atoms with Crippen molar-refractivity contribution < 1.29 is 14.4 Å². The largest absolute Gasteiger partial charge is 0.364 e. The predicted molar refractivity (Wildman–Crippen MR) is 98.9 cm³/mol. The maximum absolute atomic E-state index is 11.9. The van der Waals surface area contributed by atoms with Crippen molar-refractivity contribution in [2.24, 2.45) is 0 Å². The number of benzene rings is 1. The Kier molecular flexibility index (Phi) is 6.96. The van der Waals surface area contributed by atoms with E-state index in [1.165, 1.54) is 10.5 Å². The lowest BCUT2D eigenvalue weighted by atomic mass is 10.2. The maximum atomic E-state index is 11.9. The third-order valence-electron chi connectivity index (χ3n) is 3.95. The van der Waals surface area contributed by atoms with Crippen LogP contribution in [0.4, 0.5) is 5.69 Å². The number of quaternary nitrogens is 1. The number of hydrogen-bond donors (Lipinski definition) is 4. The van der Waals surface area contributed by atoms with Gasteiger partial charge in [-0.05, 0) is 45.1 Å². The first-order valence-electron chi connectivity index (χ1n) is 8.34. The van der Waals surface area contributed by atoms with Gasteiger partial charge in [-0.2, -0.15) is 0 Å². The quantitative estimate of drug-likeness (QED) is 0.467. The van der Waals surface area contributed by atoms with Gasteiger partial charge in [0.15, 0.2) is 5.11 Å². The molecule has 0 saturated carbocycles. The van der Waals surface area contributed by atoms with E-state index in [-0.39, 0.29) is 18.1 Å². The molecule has 4 N–H and O–H groups in total. The van der Waals surface area contributed by atoms with Crippen LogP contribution in [0.25, 0.3) is 0 Å². The third kappa shape index (κ3) is 6.43. The first kappa shape index (κ1) is 18.6. The molecule has 7 heteroatoms. The number of amides is 1. The van der Waals surface area contributed by atoms with Crippen molar-refractivity contribution in [3.05, 3.63) is 29.8 Å². The van der Waals surface area contributed by atoms with Crippen LogP contribution in [0.1, 0.15) is 25.8 Å². The average Bonchev–Trinajstić information content (AvgIpc) is 2.52. The van der Waals surface area contributed by atoms with Gasteiger partial charge in [-0.1, -0.05) is 17.7 Å². The molecule has 1 aromatic carbocycles. The summed E-state index contributed by atoms with van der Waals surface area (Å²) in [6.45, 7) is 8.86. The van der Waals surface area contributed by atoms with Gasteiger partial charge in [0.1, 0.15) is 25.3 Å². The van der Waals surface area contributed by atoms with Crippen LogP contribution in [-0.2, 0) is 9.53 Å². The molecule has 2 rings (SSSR count). The summed E-state index contributed by atoms with van der Waals surface area (Å²) in [5.74, 6) is -0.0673. The Morgan fingerprint density at radius 3 is 2.46 bits per heavy atom. The summed E-state index contributed by atoms with van der Waals surface area (Å²) in [6, 6.07) is 7.87. The molecule has 1 aromatic rings. The molecule has 132 valence electrons. The van der Waals surface area contributed by atoms with Crippen molar-refractivity contribution in [3.63, 3.8) is 0 Å². The fourth-order valence-electron chi connectivity index (χ4n) is 2.87. The lowest BCUT2D eigenvalue weighted by Gasteiger charge is -2.32. The summed E-state index contributed by atoms with van der Waals surface area (Å²) in [4.78, 5) is 13.3. The summed E-state index contributed by atoms with van der Waals surface area (Å²) in [5.41, 5.74) is 7.44. The second-order valence-electron chi connectivity index (χ2n) is 6.41. The first-order valence-corrected chi connectivity index (χ1v) is 8.74. The number of nitrogens with one attached hydrogen (secondary N) is 4. The number of thiocarbonyl (C=S) groups is 1. The van der Waals surface area contributed by atoms with Gasteiger partial charge in [0.2, 0.25) is 5.91 Å². The van der Waals surface area contributed by atoms with E-state index in [4.69, 9.17) is 17.0 Å². The molecule has 6 nitrogen and oxygen atoms in total. The third-order valence-corrected chi connectivity index (χ3v) is 4.15. The van der Waals surface area contributed by atoms with Crippen molar-refractivity contribution >= 4 is 28.9 Å². The zero-order chi connectivity index (χ0) is 17.5. The second kappa shape index (κ2) is 8.96. The normalized spacial score (nSPS) is 23.4. The van der Waals surface area contributed by atoms with Crippen LogP contribution in [0.5, 0.6) is 0 Å². The Balaban J connectivity index is 1.65. The number of aryl methyl sites for hydroxylation is 1. The predicted octanol–water partition coefficient (Wildman–Crippen LogP) is 0.395. The molecule has 1 aliphatic rings. The summed E-state index contributed by atoms with van der Waals surface area (Å²) in [7, 11) is 0. The minimum absolute atomic E-state index is 0.0673. The summed E-state index contributed by atoms with van der Waals surface area (Å²) in [6.07, 6.45) is 0.946. The standard InChI is InChI=1S/C17H26N4O2S/c1-12-4-6-15(7-5-12)18-17(24)20-19-16(22)8-9-21-10-13(2)23-14(3)11-21/h4-7,13-14H,8-11H2,1-3H3,(H,19,22)(H2,18,20,24)/p+1/t13-,14-/m0/s1. The van der Waals surface area contributed by atoms with E-state index in [0.717, 1.165) is 25.3 Å². The minimum atomic E-state index is -0.0673. The molecule has 1 aliphatic heterocycles. The van der Waals surface area contributed by atoms with Crippen LogP contribution in [-0.4, -0.2) is 42.9 Å². The average molecular weight is 351 g/mol. The van der Waals surface area contributed by atoms with Gasteiger partial charge < -0.3 is 15.0 Å². The number of ether oxygens (including phenoxy) is 1. The van der Waals surface area contributed by atoms with E-state index < -0.39 is 0 Å². The molecule has 2 atom stereocenters. The fourth-order valence-corrected chi connectivity index (χ4v) is 3.04. The molecule has 1 saturated heterocycles. The fraction of sp³-hybridized carbons (Fsp3) is 0.529. The van der Waals surface area contributed by atoms with Crippen LogP contribution in [0.3, 0.4) is 0 Å². The van der Waals surface area contributed by atoms with Crippen LogP contribution in [0.15, 0.2) is 24.3 Å². The molecule has 0 spiro atoms. The van der Waals surface area contributed by atoms with Gasteiger partial charge in [-0.3, -0.25) is 15.6 Å². The minimum Gasteiger partial charge on any atom is -0.364 e. The molecule has 1 amide bonds. The summed E-state index contributed by atoms with van der Waals surface area (Å²) in [5, 5.41) is 3.39. The van der Waals surface area contributed by atoms with Crippen LogP contribution < -0.4 is 21.1 Å². The van der Waals surface area contributed by atoms with E-state index in [0.29, 0.717) is 11.5 Å². The van der Waals surface area contributed by atoms with Gasteiger partial charge in [-0.25, -0.2) is 0 Å². The zero-order valence-electron chi connectivity index (χ0n) is 14.5. The van der Waals surface area contributed by atoms with Crippen molar-refractivity contribution in [1.82, 2.24) is 10.9 Å². The van der Waals surface area contributed by atoms with Gasteiger partial charge >= 0.3 is 0 Å². The molecule has 0 radical (unpaired) electrons. The number of anilines is 1. The van der Waals surface area contributed by atoms with Crippen LogP contribution in [0, 0.1) is 6.92 Å². The Hall–Kier alpha value is -1.70. The van der Waals surface area contributed by atoms with Gasteiger partial charge in [0, 0.05) is 5.69 Å². The van der Waals surface area contributed by atoms with E-state index in [2.05, 4.69) is 30.0 Å². The maximum Gasteiger partial charge on any atom is 0.244 e. The van der Waals surface area contributed by atoms with E-state index >= 15 is 0 Å². The molecule has 24 heavy (non-hydrogen) atoms. The van der Waals surface area contributed by atoms with Crippen molar-refractivity contribution in [1.29, 1.82) is 0 Å². The highest BCUT2D eigenvalue weighted by atomic mass is 32.1. The molecule has 0 unspecified atom stereocenters. The Morgan fingerprint density at radius 2 is 1.83 bits per heavy atom. The van der Waals surface area contributed by atoms with Crippen molar-refractivity contribution in [2.75, 3.05) is 25.0 Å². The highest BCUT2D eigenvalue weighted by molar-refractivity contribution is 7.80. The first-order chi connectivity index (χ1) is 11.4. The smallest absolute Gasteiger partial charge is 0.244 e. The molecule has 1 fully saturated rings. The topological polar surface area (TPSA) is 66.8 Å². The van der Waals surface area contributed by atoms with Crippen LogP contribution in [0.2, 0.25) is 0 Å². The Bertz CT molecular complexity index is 554. The Labute approximate surface area is 148 Å². The summed E-state index contributed by atoms with van der Waals surface area (Å²) >= 11 is 5.17. The molecular weight excluding hydrogens is 324 g/mol. The number of morpholine rings is 1. The monoisotopic (exact) mass is 351 g/mol. The number of hydrazine groups is 1. The molecule has 1 heterocycles. The SMILES string of the molecule is Cc1ccc(NC(=S)NNC(=O)CC[NH+]2C[C@H](C)O[C@@H](C)C2)cc1. The number of carbonyl (C=O) groups is 1. The van der Waals surface area contributed by atoms with Crippen molar-refractivity contribution in [3.8, 4) is 0 Å². The van der Waals surface area contributed by atoms with Gasteiger partial charge in [0.25, 0.3) is 0 Å². The Morgan fingerprint density at radius 1 is 1.21 bits per heavy atom. The molecule has 0 aliphatic carbocycles. The lowest BCUT2D eigenvalue weighted by molar-refractivity contribution is -0.914. The van der Waals surface area contributed by atoms with Gasteiger partial charge in [-0.15, -0.1) is 0 Å². The number of rotatable bonds is 4. The second-order valence-corrected chi connectivity index (χ2v) is 6.82. The number of carbonyl (C=O) groups excluding carboxylic acids is 1. The molecule has 0 aromatic heterocycles. The highest BCUT2D eigenvalue weighted by Crippen LogP contribution is 2.07. The lowest BCUT2D eigenvalue weighted by Crippen LogP contribution is -3.15. The van der Waals surface area contributed by atoms with E-state index in [1.54, 1.807) is 0 Å². The number of hydrogen-bond acceptors (Lipinski definition) is 3.